The van der Waals surface area contributed by atoms with Crippen LogP contribution >= 0.6 is 0 Å². The van der Waals surface area contributed by atoms with Crippen molar-refractivity contribution < 1.29 is 16.8 Å². The van der Waals surface area contributed by atoms with Gasteiger partial charge in [0.15, 0.2) is 9.84 Å². The van der Waals surface area contributed by atoms with Crippen molar-refractivity contribution in [3.05, 3.63) is 36.5 Å². The summed E-state index contributed by atoms with van der Waals surface area (Å²) in [5, 5.41) is 0.735. The molecule has 2 heterocycles. The normalized spacial score (nSPS) is 23.8. The minimum atomic E-state index is -3.86. The molecule has 8 heteroatoms. The van der Waals surface area contributed by atoms with Crippen molar-refractivity contribution in [1.82, 2.24) is 9.29 Å². The van der Waals surface area contributed by atoms with Crippen molar-refractivity contribution in [3.63, 3.8) is 0 Å². The molecular weight excluding hydrogens is 348 g/mol. The number of sulfonamides is 1. The van der Waals surface area contributed by atoms with Crippen LogP contribution in [-0.2, 0) is 19.9 Å². The number of rotatable bonds is 4. The largest absolute Gasteiger partial charge is 0.255 e. The Hall–Kier alpha value is -1.51. The minimum Gasteiger partial charge on any atom is -0.255 e. The molecule has 1 saturated heterocycles. The molecule has 0 saturated carbocycles. The smallest absolute Gasteiger partial charge is 0.245 e. The molecule has 0 bridgehead atoms. The van der Waals surface area contributed by atoms with E-state index in [9.17, 15) is 16.8 Å². The number of benzene rings is 1. The van der Waals surface area contributed by atoms with Crippen LogP contribution in [0.25, 0.3) is 10.9 Å². The van der Waals surface area contributed by atoms with Crippen LogP contribution in [-0.4, -0.2) is 49.7 Å². The van der Waals surface area contributed by atoms with E-state index in [1.807, 2.05) is 0 Å². The Morgan fingerprint density at radius 1 is 1.25 bits per heavy atom. The van der Waals surface area contributed by atoms with E-state index in [0.29, 0.717) is 11.9 Å². The second-order valence-corrected chi connectivity index (χ2v) is 10.4. The van der Waals surface area contributed by atoms with Crippen LogP contribution in [0.15, 0.2) is 41.4 Å². The van der Waals surface area contributed by atoms with Gasteiger partial charge < -0.3 is 0 Å². The number of pyridine rings is 1. The lowest BCUT2D eigenvalue weighted by atomic mass is 10.0. The number of hydrogen-bond acceptors (Lipinski definition) is 5. The molecule has 1 aromatic carbocycles. The first kappa shape index (κ1) is 17.3. The summed E-state index contributed by atoms with van der Waals surface area (Å²) in [6.45, 7) is 3.64. The Morgan fingerprint density at radius 2 is 1.96 bits per heavy atom. The summed E-state index contributed by atoms with van der Waals surface area (Å²) in [5.74, 6) is -0.130. The topological polar surface area (TPSA) is 84.4 Å². The van der Waals surface area contributed by atoms with Gasteiger partial charge in [0.05, 0.1) is 17.0 Å². The van der Waals surface area contributed by atoms with Gasteiger partial charge in [0.2, 0.25) is 10.0 Å². The minimum absolute atomic E-state index is 0.0172. The van der Waals surface area contributed by atoms with Crippen LogP contribution in [0.3, 0.4) is 0 Å². The Labute approximate surface area is 142 Å². The van der Waals surface area contributed by atoms with Gasteiger partial charge in [-0.15, -0.1) is 0 Å². The molecule has 3 rings (SSSR count). The van der Waals surface area contributed by atoms with Crippen LogP contribution < -0.4 is 0 Å². The maximum absolute atomic E-state index is 13.3. The Bertz CT molecular complexity index is 981. The van der Waals surface area contributed by atoms with E-state index in [2.05, 4.69) is 4.98 Å². The lowest BCUT2D eigenvalue weighted by molar-refractivity contribution is 0.243. The Morgan fingerprint density at radius 3 is 2.58 bits per heavy atom. The quantitative estimate of drug-likeness (QED) is 0.822. The monoisotopic (exact) mass is 368 g/mol. The van der Waals surface area contributed by atoms with E-state index in [1.54, 1.807) is 44.3 Å². The molecule has 0 N–H and O–H groups in total. The van der Waals surface area contributed by atoms with Crippen molar-refractivity contribution in [3.8, 4) is 0 Å². The van der Waals surface area contributed by atoms with Gasteiger partial charge in [0.1, 0.15) is 4.90 Å². The molecule has 2 aromatic rings. The molecule has 0 radical (unpaired) electrons. The Kier molecular flexibility index (Phi) is 4.17. The fourth-order valence-corrected chi connectivity index (χ4v) is 7.64. The molecule has 1 aliphatic rings. The van der Waals surface area contributed by atoms with E-state index in [1.165, 1.54) is 10.4 Å². The predicted molar refractivity (Wildman–Crippen MR) is 93.0 cm³/mol. The summed E-state index contributed by atoms with van der Waals surface area (Å²) < 4.78 is 51.7. The average Bonchev–Trinajstić information content (AvgIpc) is 2.81. The molecule has 130 valence electrons. The Balaban J connectivity index is 2.15. The van der Waals surface area contributed by atoms with Gasteiger partial charge >= 0.3 is 0 Å². The SMILES string of the molecule is CCN([C@]1(C)CCS(=O)(=O)C1)S(=O)(=O)c1cccc2cccnc12. The summed E-state index contributed by atoms with van der Waals surface area (Å²) >= 11 is 0. The van der Waals surface area contributed by atoms with Crippen LogP contribution in [0.2, 0.25) is 0 Å². The second-order valence-electron chi connectivity index (χ2n) is 6.34. The highest BCUT2D eigenvalue weighted by Gasteiger charge is 2.47. The van der Waals surface area contributed by atoms with Crippen molar-refractivity contribution in [1.29, 1.82) is 0 Å². The fraction of sp³-hybridized carbons (Fsp3) is 0.438. The summed E-state index contributed by atoms with van der Waals surface area (Å²) in [6.07, 6.45) is 1.86. The third kappa shape index (κ3) is 2.82. The van der Waals surface area contributed by atoms with E-state index in [4.69, 9.17) is 0 Å². The zero-order valence-corrected chi connectivity index (χ0v) is 15.3. The van der Waals surface area contributed by atoms with Gasteiger partial charge in [-0.1, -0.05) is 25.1 Å². The summed E-state index contributed by atoms with van der Waals surface area (Å²) in [5.41, 5.74) is -0.522. The predicted octanol–water partition coefficient (Wildman–Crippen LogP) is 1.82. The van der Waals surface area contributed by atoms with Crippen molar-refractivity contribution in [2.45, 2.75) is 30.7 Å². The number of sulfone groups is 1. The molecular formula is C16H20N2O4S2. The van der Waals surface area contributed by atoms with Crippen molar-refractivity contribution in [2.24, 2.45) is 0 Å². The maximum Gasteiger partial charge on any atom is 0.245 e. The number of nitrogens with zero attached hydrogens (tertiary/aromatic N) is 2. The first-order chi connectivity index (χ1) is 11.2. The molecule has 1 aromatic heterocycles. The van der Waals surface area contributed by atoms with Gasteiger partial charge in [-0.25, -0.2) is 16.8 Å². The molecule has 1 fully saturated rings. The molecule has 1 atom stereocenters. The zero-order chi connectivity index (χ0) is 17.6. The number of fused-ring (bicyclic) bond motifs is 1. The van der Waals surface area contributed by atoms with Crippen molar-refractivity contribution in [2.75, 3.05) is 18.1 Å². The summed E-state index contributed by atoms with van der Waals surface area (Å²) in [6, 6.07) is 8.57. The molecule has 1 aliphatic heterocycles. The highest BCUT2D eigenvalue weighted by molar-refractivity contribution is 7.92. The van der Waals surface area contributed by atoms with E-state index in [0.717, 1.165) is 5.39 Å². The first-order valence-corrected chi connectivity index (χ1v) is 11.0. The van der Waals surface area contributed by atoms with Crippen LogP contribution in [0.5, 0.6) is 0 Å². The van der Waals surface area contributed by atoms with Gasteiger partial charge in [-0.2, -0.15) is 4.31 Å². The van der Waals surface area contributed by atoms with Crippen molar-refractivity contribution >= 4 is 30.8 Å². The van der Waals surface area contributed by atoms with E-state index < -0.39 is 25.4 Å². The third-order valence-corrected chi connectivity index (χ3v) is 8.59. The van der Waals surface area contributed by atoms with Crippen LogP contribution in [0, 0.1) is 0 Å². The summed E-state index contributed by atoms with van der Waals surface area (Å²) in [7, 11) is -7.08. The zero-order valence-electron chi connectivity index (χ0n) is 13.6. The highest BCUT2D eigenvalue weighted by Crippen LogP contribution is 2.35. The lowest BCUT2D eigenvalue weighted by Crippen LogP contribution is -2.50. The molecule has 0 unspecified atom stereocenters. The third-order valence-electron chi connectivity index (χ3n) is 4.54. The van der Waals surface area contributed by atoms with Gasteiger partial charge in [-0.05, 0) is 25.5 Å². The van der Waals surface area contributed by atoms with Crippen LogP contribution in [0.1, 0.15) is 20.3 Å². The van der Waals surface area contributed by atoms with E-state index in [-0.39, 0.29) is 22.9 Å². The number of aromatic nitrogens is 1. The van der Waals surface area contributed by atoms with Crippen LogP contribution in [0.4, 0.5) is 0 Å². The first-order valence-electron chi connectivity index (χ1n) is 7.77. The number of para-hydroxylation sites is 1. The molecule has 6 nitrogen and oxygen atoms in total. The van der Waals surface area contributed by atoms with E-state index >= 15 is 0 Å². The molecule has 0 amide bonds. The van der Waals surface area contributed by atoms with Gasteiger partial charge in [0, 0.05) is 23.7 Å². The maximum atomic E-state index is 13.3. The molecule has 0 aliphatic carbocycles. The number of hydrogen-bond donors (Lipinski definition) is 0. The lowest BCUT2D eigenvalue weighted by Gasteiger charge is -2.35. The second kappa shape index (κ2) is 5.79. The highest BCUT2D eigenvalue weighted by atomic mass is 32.2. The van der Waals surface area contributed by atoms with Gasteiger partial charge in [-0.3, -0.25) is 4.98 Å². The fourth-order valence-electron chi connectivity index (χ4n) is 3.44. The molecule has 24 heavy (non-hydrogen) atoms. The van der Waals surface area contributed by atoms with Gasteiger partial charge in [0.25, 0.3) is 0 Å². The molecule has 0 spiro atoms. The average molecular weight is 368 g/mol. The summed E-state index contributed by atoms with van der Waals surface area (Å²) in [4.78, 5) is 4.34. The standard InChI is InChI=1S/C16H20N2O4S2/c1-3-18(16(2)9-11-23(19,20)12-16)24(21,22)14-8-4-6-13-7-5-10-17-15(13)14/h4-8,10H,3,9,11-12H2,1-2H3/t16-/m1/s1.